The number of benzene rings is 1. The Morgan fingerprint density at radius 1 is 1.35 bits per heavy atom. The number of halogens is 1. The van der Waals surface area contributed by atoms with Gasteiger partial charge in [-0.1, -0.05) is 0 Å². The Bertz CT molecular complexity index is 569. The lowest BCUT2D eigenvalue weighted by molar-refractivity contribution is 1.19. The summed E-state index contributed by atoms with van der Waals surface area (Å²) in [6, 6.07) is 11.9. The molecule has 0 aliphatic heterocycles. The van der Waals surface area contributed by atoms with Crippen molar-refractivity contribution in [3.63, 3.8) is 0 Å². The predicted molar refractivity (Wildman–Crippen MR) is 75.2 cm³/mol. The highest BCUT2D eigenvalue weighted by atomic mass is 79.9. The molecule has 1 heterocycles. The van der Waals surface area contributed by atoms with Gasteiger partial charge in [-0.15, -0.1) is 11.3 Å². The van der Waals surface area contributed by atoms with Gasteiger partial charge in [-0.25, -0.2) is 0 Å². The molecule has 17 heavy (non-hydrogen) atoms. The Hall–Kier alpha value is -1.31. The van der Waals surface area contributed by atoms with E-state index in [-0.39, 0.29) is 0 Å². The molecule has 1 aromatic heterocycles. The zero-order chi connectivity index (χ0) is 12.3. The van der Waals surface area contributed by atoms with Crippen molar-refractivity contribution in [3.05, 3.63) is 50.1 Å². The smallest absolute Gasteiger partial charge is 0.0992 e. The number of rotatable bonds is 3. The SMILES string of the molecule is Cc1ccc(CNc2ccc(C#N)cc2Br)s1. The number of hydrogen-bond donors (Lipinski definition) is 1. The molecule has 0 fully saturated rings. The molecule has 86 valence electrons. The van der Waals surface area contributed by atoms with E-state index in [1.54, 1.807) is 11.3 Å². The van der Waals surface area contributed by atoms with Crippen molar-refractivity contribution in [2.24, 2.45) is 0 Å². The van der Waals surface area contributed by atoms with Gasteiger partial charge < -0.3 is 5.32 Å². The van der Waals surface area contributed by atoms with Crippen LogP contribution in [0.2, 0.25) is 0 Å². The van der Waals surface area contributed by atoms with Crippen molar-refractivity contribution in [2.45, 2.75) is 13.5 Å². The second-order valence-electron chi connectivity index (χ2n) is 3.67. The summed E-state index contributed by atoms with van der Waals surface area (Å²) in [4.78, 5) is 2.62. The van der Waals surface area contributed by atoms with Crippen LogP contribution in [0.3, 0.4) is 0 Å². The lowest BCUT2D eigenvalue weighted by Crippen LogP contribution is -1.98. The van der Waals surface area contributed by atoms with Crippen LogP contribution in [0.5, 0.6) is 0 Å². The van der Waals surface area contributed by atoms with Gasteiger partial charge in [0, 0.05) is 26.5 Å². The molecule has 1 aromatic carbocycles. The first-order valence-corrected chi connectivity index (χ1v) is 6.79. The molecule has 0 aliphatic rings. The van der Waals surface area contributed by atoms with E-state index in [2.05, 4.69) is 46.4 Å². The van der Waals surface area contributed by atoms with E-state index in [1.165, 1.54) is 9.75 Å². The van der Waals surface area contributed by atoms with Gasteiger partial charge in [-0.2, -0.15) is 5.26 Å². The quantitative estimate of drug-likeness (QED) is 0.917. The van der Waals surface area contributed by atoms with E-state index in [9.17, 15) is 0 Å². The Morgan fingerprint density at radius 3 is 2.76 bits per heavy atom. The molecular weight excluding hydrogens is 296 g/mol. The fourth-order valence-corrected chi connectivity index (χ4v) is 2.84. The molecule has 0 saturated heterocycles. The van der Waals surface area contributed by atoms with Crippen molar-refractivity contribution >= 4 is 33.0 Å². The zero-order valence-electron chi connectivity index (χ0n) is 9.33. The highest BCUT2D eigenvalue weighted by Crippen LogP contribution is 2.25. The molecule has 4 heteroatoms. The largest absolute Gasteiger partial charge is 0.379 e. The Kier molecular flexibility index (Phi) is 3.82. The van der Waals surface area contributed by atoms with Gasteiger partial charge in [-0.3, -0.25) is 0 Å². The lowest BCUT2D eigenvalue weighted by Gasteiger charge is -2.07. The van der Waals surface area contributed by atoms with Crippen molar-refractivity contribution in [1.82, 2.24) is 0 Å². The minimum Gasteiger partial charge on any atom is -0.379 e. The third-order valence-corrected chi connectivity index (χ3v) is 4.00. The predicted octanol–water partition coefficient (Wildman–Crippen LogP) is 4.30. The summed E-state index contributed by atoms with van der Waals surface area (Å²) in [5.41, 5.74) is 1.67. The molecule has 0 aliphatic carbocycles. The maximum Gasteiger partial charge on any atom is 0.0992 e. The molecular formula is C13H11BrN2S. The van der Waals surface area contributed by atoms with E-state index in [4.69, 9.17) is 5.26 Å². The summed E-state index contributed by atoms with van der Waals surface area (Å²) in [5, 5.41) is 12.1. The highest BCUT2D eigenvalue weighted by molar-refractivity contribution is 9.10. The number of hydrogen-bond acceptors (Lipinski definition) is 3. The van der Waals surface area contributed by atoms with E-state index in [0.717, 1.165) is 16.7 Å². The number of thiophene rings is 1. The van der Waals surface area contributed by atoms with E-state index < -0.39 is 0 Å². The van der Waals surface area contributed by atoms with E-state index in [0.29, 0.717) is 5.56 Å². The summed E-state index contributed by atoms with van der Waals surface area (Å²) in [6.07, 6.45) is 0. The number of nitriles is 1. The molecule has 0 spiro atoms. The van der Waals surface area contributed by atoms with Gasteiger partial charge in [0.15, 0.2) is 0 Å². The van der Waals surface area contributed by atoms with Crippen LogP contribution < -0.4 is 5.32 Å². The molecule has 0 amide bonds. The minimum atomic E-state index is 0.661. The third kappa shape index (κ3) is 3.09. The lowest BCUT2D eigenvalue weighted by atomic mass is 10.2. The van der Waals surface area contributed by atoms with Gasteiger partial charge in [0.1, 0.15) is 0 Å². The first kappa shape index (κ1) is 12.2. The molecule has 0 atom stereocenters. The molecule has 0 saturated carbocycles. The molecule has 0 bridgehead atoms. The van der Waals surface area contributed by atoms with Crippen molar-refractivity contribution in [1.29, 1.82) is 5.26 Å². The van der Waals surface area contributed by atoms with Crippen LogP contribution >= 0.6 is 27.3 Å². The summed E-state index contributed by atoms with van der Waals surface area (Å²) in [6.45, 7) is 2.91. The van der Waals surface area contributed by atoms with Crippen molar-refractivity contribution in [2.75, 3.05) is 5.32 Å². The highest BCUT2D eigenvalue weighted by Gasteiger charge is 2.02. The number of anilines is 1. The molecule has 2 nitrogen and oxygen atoms in total. The topological polar surface area (TPSA) is 35.8 Å². The molecule has 0 unspecified atom stereocenters. The number of nitrogens with one attached hydrogen (secondary N) is 1. The van der Waals surface area contributed by atoms with E-state index in [1.807, 2.05) is 18.2 Å². The van der Waals surface area contributed by atoms with Crippen LogP contribution in [-0.4, -0.2) is 0 Å². The summed E-state index contributed by atoms with van der Waals surface area (Å²) in [5.74, 6) is 0. The maximum atomic E-state index is 8.77. The fourth-order valence-electron chi connectivity index (χ4n) is 1.49. The van der Waals surface area contributed by atoms with Crippen molar-refractivity contribution < 1.29 is 0 Å². The number of nitrogens with zero attached hydrogens (tertiary/aromatic N) is 1. The zero-order valence-corrected chi connectivity index (χ0v) is 11.7. The van der Waals surface area contributed by atoms with Gasteiger partial charge in [0.05, 0.1) is 11.6 Å². The average molecular weight is 307 g/mol. The van der Waals surface area contributed by atoms with Crippen LogP contribution in [0, 0.1) is 18.3 Å². The van der Waals surface area contributed by atoms with Crippen LogP contribution in [0.4, 0.5) is 5.69 Å². The Labute approximate surface area is 113 Å². The molecule has 1 N–H and O–H groups in total. The normalized spacial score (nSPS) is 9.94. The van der Waals surface area contributed by atoms with Gasteiger partial charge in [0.2, 0.25) is 0 Å². The van der Waals surface area contributed by atoms with Gasteiger partial charge in [-0.05, 0) is 53.2 Å². The second kappa shape index (κ2) is 5.35. The summed E-state index contributed by atoms with van der Waals surface area (Å²) >= 11 is 5.25. The van der Waals surface area contributed by atoms with Crippen LogP contribution in [0.1, 0.15) is 15.3 Å². The molecule has 2 aromatic rings. The summed E-state index contributed by atoms with van der Waals surface area (Å²) < 4.78 is 0.921. The fraction of sp³-hybridized carbons (Fsp3) is 0.154. The first-order valence-electron chi connectivity index (χ1n) is 5.18. The van der Waals surface area contributed by atoms with Crippen molar-refractivity contribution in [3.8, 4) is 6.07 Å². The van der Waals surface area contributed by atoms with Crippen LogP contribution in [-0.2, 0) is 6.54 Å². The van der Waals surface area contributed by atoms with Crippen LogP contribution in [0.15, 0.2) is 34.8 Å². The monoisotopic (exact) mass is 306 g/mol. The Morgan fingerprint density at radius 2 is 2.18 bits per heavy atom. The van der Waals surface area contributed by atoms with Crippen LogP contribution in [0.25, 0.3) is 0 Å². The maximum absolute atomic E-state index is 8.77. The summed E-state index contributed by atoms with van der Waals surface area (Å²) in [7, 11) is 0. The number of aryl methyl sites for hydroxylation is 1. The van der Waals surface area contributed by atoms with Gasteiger partial charge >= 0.3 is 0 Å². The second-order valence-corrected chi connectivity index (χ2v) is 5.90. The average Bonchev–Trinajstić information content (AvgIpc) is 2.73. The first-order chi connectivity index (χ1) is 8.19. The third-order valence-electron chi connectivity index (χ3n) is 2.35. The minimum absolute atomic E-state index is 0.661. The standard InChI is InChI=1S/C13H11BrN2S/c1-9-2-4-11(17-9)8-16-13-5-3-10(7-15)6-12(13)14/h2-6,16H,8H2,1H3. The van der Waals surface area contributed by atoms with E-state index >= 15 is 0 Å². The molecule has 0 radical (unpaired) electrons. The Balaban J connectivity index is 2.07. The van der Waals surface area contributed by atoms with Gasteiger partial charge in [0.25, 0.3) is 0 Å². The molecule has 2 rings (SSSR count).